The minimum atomic E-state index is -0.249. The topological polar surface area (TPSA) is 66.0 Å². The van der Waals surface area contributed by atoms with Gasteiger partial charge in [0.05, 0.1) is 6.10 Å². The predicted molar refractivity (Wildman–Crippen MR) is 110 cm³/mol. The maximum Gasteiger partial charge on any atom is 0.251 e. The molecule has 0 aromatic heterocycles. The van der Waals surface area contributed by atoms with Crippen LogP contribution in [0.3, 0.4) is 0 Å². The van der Waals surface area contributed by atoms with E-state index in [0.717, 1.165) is 44.1 Å². The van der Waals surface area contributed by atoms with Crippen molar-refractivity contribution >= 4 is 11.9 Å². The molecule has 1 aliphatic rings. The number of benzene rings is 1. The predicted octanol–water partition coefficient (Wildman–Crippen LogP) is 2.79. The van der Waals surface area contributed by atoms with Crippen LogP contribution in [0.2, 0.25) is 0 Å². The number of amides is 1. The van der Waals surface area contributed by atoms with E-state index in [1.54, 1.807) is 0 Å². The van der Waals surface area contributed by atoms with Crippen molar-refractivity contribution in [2.24, 2.45) is 4.99 Å². The Kier molecular flexibility index (Phi) is 7.66. The van der Waals surface area contributed by atoms with Crippen LogP contribution >= 0.6 is 0 Å². The summed E-state index contributed by atoms with van der Waals surface area (Å²) < 4.78 is 5.72. The zero-order valence-corrected chi connectivity index (χ0v) is 17.3. The zero-order valence-electron chi connectivity index (χ0n) is 17.3. The Hall–Kier alpha value is -2.08. The Morgan fingerprint density at radius 3 is 2.59 bits per heavy atom. The lowest BCUT2D eigenvalue weighted by atomic mass is 10.1. The highest BCUT2D eigenvalue weighted by atomic mass is 16.5. The van der Waals surface area contributed by atoms with Crippen LogP contribution in [0.15, 0.2) is 29.3 Å². The lowest BCUT2D eigenvalue weighted by Gasteiger charge is -2.34. The summed E-state index contributed by atoms with van der Waals surface area (Å²) in [5.41, 5.74) is 1.49. The quantitative estimate of drug-likeness (QED) is 0.614. The number of nitrogens with zero attached hydrogens (tertiary/aromatic N) is 2. The highest BCUT2D eigenvalue weighted by Crippen LogP contribution is 2.14. The maximum atomic E-state index is 12.4. The second-order valence-corrected chi connectivity index (χ2v) is 7.95. The first kappa shape index (κ1) is 21.2. The summed E-state index contributed by atoms with van der Waals surface area (Å²) in [4.78, 5) is 19.0. The van der Waals surface area contributed by atoms with Gasteiger partial charge < -0.3 is 20.3 Å². The number of ether oxygens (including phenoxy) is 1. The van der Waals surface area contributed by atoms with E-state index in [4.69, 9.17) is 4.74 Å². The molecule has 150 valence electrons. The van der Waals surface area contributed by atoms with E-state index in [0.29, 0.717) is 18.2 Å². The molecule has 1 heterocycles. The van der Waals surface area contributed by atoms with Crippen molar-refractivity contribution in [1.29, 1.82) is 0 Å². The van der Waals surface area contributed by atoms with Gasteiger partial charge in [-0.3, -0.25) is 9.79 Å². The third-order valence-corrected chi connectivity index (χ3v) is 4.48. The average molecular weight is 375 g/mol. The highest BCUT2D eigenvalue weighted by Gasteiger charge is 2.21. The second-order valence-electron chi connectivity index (χ2n) is 7.95. The number of hydrogen-bond donors (Lipinski definition) is 2. The van der Waals surface area contributed by atoms with Gasteiger partial charge in [-0.05, 0) is 58.2 Å². The number of carbonyl (C=O) groups excluding carboxylic acids is 1. The minimum Gasteiger partial charge on any atom is -0.378 e. The molecule has 2 N–H and O–H groups in total. The van der Waals surface area contributed by atoms with Gasteiger partial charge in [-0.15, -0.1) is 0 Å². The lowest BCUT2D eigenvalue weighted by Crippen LogP contribution is -2.46. The second kappa shape index (κ2) is 9.74. The minimum absolute atomic E-state index is 0.0493. The van der Waals surface area contributed by atoms with Crippen LogP contribution in [0.1, 0.15) is 56.5 Å². The molecule has 0 radical (unpaired) electrons. The summed E-state index contributed by atoms with van der Waals surface area (Å²) in [7, 11) is 1.81. The Labute approximate surface area is 163 Å². The smallest absolute Gasteiger partial charge is 0.251 e. The number of carbonyl (C=O) groups is 1. The lowest BCUT2D eigenvalue weighted by molar-refractivity contribution is 0.0263. The summed E-state index contributed by atoms with van der Waals surface area (Å²) in [5, 5.41) is 6.42. The number of likely N-dealkylation sites (tertiary alicyclic amines) is 1. The zero-order chi connectivity index (χ0) is 19.9. The first-order chi connectivity index (χ1) is 12.8. The molecule has 2 rings (SSSR count). The van der Waals surface area contributed by atoms with Crippen LogP contribution in [-0.4, -0.2) is 55.2 Å². The van der Waals surface area contributed by atoms with E-state index in [9.17, 15) is 4.79 Å². The third kappa shape index (κ3) is 6.86. The summed E-state index contributed by atoms with van der Waals surface area (Å²) in [6.07, 6.45) is 2.41. The number of hydrogen-bond acceptors (Lipinski definition) is 3. The molecule has 6 nitrogen and oxygen atoms in total. The Morgan fingerprint density at radius 2 is 2.00 bits per heavy atom. The highest BCUT2D eigenvalue weighted by molar-refractivity contribution is 5.94. The molecule has 1 amide bonds. The van der Waals surface area contributed by atoms with Gasteiger partial charge >= 0.3 is 0 Å². The van der Waals surface area contributed by atoms with Crippen molar-refractivity contribution in [1.82, 2.24) is 15.5 Å². The van der Waals surface area contributed by atoms with Gasteiger partial charge in [0.1, 0.15) is 0 Å². The fraction of sp³-hybridized carbons (Fsp3) is 0.619. The molecule has 0 atom stereocenters. The number of nitrogens with one attached hydrogen (secondary N) is 2. The summed E-state index contributed by atoms with van der Waals surface area (Å²) in [6, 6.07) is 7.72. The molecule has 0 bridgehead atoms. The van der Waals surface area contributed by atoms with Gasteiger partial charge in [-0.1, -0.05) is 12.1 Å². The summed E-state index contributed by atoms with van der Waals surface area (Å²) >= 11 is 0. The average Bonchev–Trinajstić information content (AvgIpc) is 2.62. The molecule has 1 aromatic rings. The van der Waals surface area contributed by atoms with Gasteiger partial charge in [0.2, 0.25) is 0 Å². The molecule has 1 saturated heterocycles. The van der Waals surface area contributed by atoms with E-state index in [2.05, 4.69) is 20.5 Å². The molecule has 1 aromatic carbocycles. The first-order valence-corrected chi connectivity index (χ1v) is 9.81. The summed E-state index contributed by atoms with van der Waals surface area (Å²) in [6.45, 7) is 11.3. The molecule has 0 spiro atoms. The van der Waals surface area contributed by atoms with Crippen molar-refractivity contribution < 1.29 is 9.53 Å². The number of piperidine rings is 1. The monoisotopic (exact) mass is 374 g/mol. The van der Waals surface area contributed by atoms with Crippen molar-refractivity contribution in [2.75, 3.05) is 26.7 Å². The van der Waals surface area contributed by atoms with Crippen LogP contribution < -0.4 is 10.6 Å². The number of rotatable bonds is 5. The third-order valence-electron chi connectivity index (χ3n) is 4.48. The van der Waals surface area contributed by atoms with Crippen LogP contribution in [-0.2, 0) is 11.3 Å². The molecule has 27 heavy (non-hydrogen) atoms. The van der Waals surface area contributed by atoms with Crippen molar-refractivity contribution in [3.8, 4) is 0 Å². The fourth-order valence-electron chi connectivity index (χ4n) is 3.22. The van der Waals surface area contributed by atoms with Gasteiger partial charge in [0, 0.05) is 44.4 Å². The van der Waals surface area contributed by atoms with Crippen LogP contribution in [0.4, 0.5) is 0 Å². The Morgan fingerprint density at radius 1 is 1.30 bits per heavy atom. The number of guanidine groups is 1. The molecule has 1 aliphatic heterocycles. The van der Waals surface area contributed by atoms with Crippen LogP contribution in [0, 0.1) is 0 Å². The molecule has 1 fully saturated rings. The SMILES string of the molecule is CCOC1CCN(C(=NC)NCc2cccc(C(=O)NC(C)(C)C)c2)CC1. The van der Waals surface area contributed by atoms with Gasteiger partial charge in [0.15, 0.2) is 5.96 Å². The maximum absolute atomic E-state index is 12.4. The van der Waals surface area contributed by atoms with E-state index >= 15 is 0 Å². The number of aliphatic imine (C=N–C) groups is 1. The molecule has 0 aliphatic carbocycles. The largest absolute Gasteiger partial charge is 0.378 e. The summed E-state index contributed by atoms with van der Waals surface area (Å²) in [5.74, 6) is 0.848. The van der Waals surface area contributed by atoms with Crippen molar-refractivity contribution in [3.63, 3.8) is 0 Å². The van der Waals surface area contributed by atoms with E-state index < -0.39 is 0 Å². The van der Waals surface area contributed by atoms with Gasteiger partial charge in [-0.25, -0.2) is 0 Å². The fourth-order valence-corrected chi connectivity index (χ4v) is 3.22. The van der Waals surface area contributed by atoms with Gasteiger partial charge in [0.25, 0.3) is 5.91 Å². The molecule has 0 saturated carbocycles. The Bertz CT molecular complexity index is 644. The van der Waals surface area contributed by atoms with E-state index in [-0.39, 0.29) is 11.4 Å². The van der Waals surface area contributed by atoms with Crippen LogP contribution in [0.25, 0.3) is 0 Å². The standard InChI is InChI=1S/C21H34N4O2/c1-6-27-18-10-12-25(13-11-18)20(22-5)23-15-16-8-7-9-17(14-16)19(26)24-21(2,3)4/h7-9,14,18H,6,10-13,15H2,1-5H3,(H,22,23)(H,24,26). The van der Waals surface area contributed by atoms with Crippen LogP contribution in [0.5, 0.6) is 0 Å². The Balaban J connectivity index is 1.91. The van der Waals surface area contributed by atoms with E-state index in [1.165, 1.54) is 0 Å². The molecular weight excluding hydrogens is 340 g/mol. The van der Waals surface area contributed by atoms with Crippen molar-refractivity contribution in [2.45, 2.75) is 58.7 Å². The van der Waals surface area contributed by atoms with Gasteiger partial charge in [-0.2, -0.15) is 0 Å². The molecule has 6 heteroatoms. The van der Waals surface area contributed by atoms with E-state index in [1.807, 2.05) is 59.0 Å². The molecule has 0 unspecified atom stereocenters. The normalized spacial score (nSPS) is 16.3. The first-order valence-electron chi connectivity index (χ1n) is 9.81. The van der Waals surface area contributed by atoms with Crippen molar-refractivity contribution in [3.05, 3.63) is 35.4 Å². The molecular formula is C21H34N4O2.